The van der Waals surface area contributed by atoms with Crippen molar-refractivity contribution in [1.82, 2.24) is 5.32 Å². The number of hydrogen-bond acceptors (Lipinski definition) is 5. The Bertz CT molecular complexity index is 570. The first-order valence-corrected chi connectivity index (χ1v) is 9.06. The summed E-state index contributed by atoms with van der Waals surface area (Å²) in [6.07, 6.45) is 0.724. The van der Waals surface area contributed by atoms with Crippen LogP contribution < -0.4 is 5.32 Å². The molecule has 0 heterocycles. The third-order valence-corrected chi connectivity index (χ3v) is 5.05. The van der Waals surface area contributed by atoms with E-state index in [0.29, 0.717) is 18.4 Å². The number of thioether (sulfide) groups is 1. The zero-order chi connectivity index (χ0) is 17.7. The summed E-state index contributed by atoms with van der Waals surface area (Å²) >= 11 is 1.18. The second kappa shape index (κ2) is 8.03. The van der Waals surface area contributed by atoms with Crippen LogP contribution in [0.15, 0.2) is 30.3 Å². The fourth-order valence-corrected chi connectivity index (χ4v) is 3.71. The highest BCUT2D eigenvalue weighted by molar-refractivity contribution is 8.14. The lowest BCUT2D eigenvalue weighted by molar-refractivity contribution is 0.0455. The SMILES string of the molecule is CC(C)(C)OC(=O)N[C@@H]1CC[C@@H](SC(=O)c2ccccc2)[C@H](O)C1. The van der Waals surface area contributed by atoms with Gasteiger partial charge in [0, 0.05) is 16.9 Å². The van der Waals surface area contributed by atoms with Crippen LogP contribution in [-0.4, -0.2) is 39.3 Å². The van der Waals surface area contributed by atoms with Gasteiger partial charge in [0.1, 0.15) is 5.60 Å². The molecule has 2 rings (SSSR count). The van der Waals surface area contributed by atoms with Crippen molar-refractivity contribution in [2.75, 3.05) is 0 Å². The van der Waals surface area contributed by atoms with Crippen LogP contribution in [0, 0.1) is 0 Å². The number of benzene rings is 1. The fourth-order valence-electron chi connectivity index (χ4n) is 2.64. The van der Waals surface area contributed by atoms with Gasteiger partial charge in [0.25, 0.3) is 0 Å². The minimum Gasteiger partial charge on any atom is -0.444 e. The Balaban J connectivity index is 1.82. The third kappa shape index (κ3) is 5.83. The number of carbonyl (C=O) groups is 2. The van der Waals surface area contributed by atoms with Gasteiger partial charge in [-0.15, -0.1) is 0 Å². The fraction of sp³-hybridized carbons (Fsp3) is 0.556. The first kappa shape index (κ1) is 18.8. The number of rotatable bonds is 3. The largest absolute Gasteiger partial charge is 0.444 e. The molecule has 1 saturated carbocycles. The van der Waals surface area contributed by atoms with Gasteiger partial charge in [-0.05, 0) is 40.0 Å². The van der Waals surface area contributed by atoms with Gasteiger partial charge >= 0.3 is 6.09 Å². The standard InChI is InChI=1S/C18H25NO4S/c1-18(2,3)23-17(22)19-13-9-10-15(14(20)11-13)24-16(21)12-7-5-4-6-8-12/h4-8,13-15,20H,9-11H2,1-3H3,(H,19,22)/t13-,14-,15-/m1/s1. The van der Waals surface area contributed by atoms with Crippen LogP contribution in [0.2, 0.25) is 0 Å². The van der Waals surface area contributed by atoms with Crippen molar-refractivity contribution in [3.05, 3.63) is 35.9 Å². The van der Waals surface area contributed by atoms with E-state index in [9.17, 15) is 14.7 Å². The Kier molecular flexibility index (Phi) is 6.29. The van der Waals surface area contributed by atoms with Crippen molar-refractivity contribution in [2.45, 2.75) is 63.0 Å². The Morgan fingerprint density at radius 2 is 1.88 bits per heavy atom. The second-order valence-electron chi connectivity index (χ2n) is 7.03. The molecule has 0 aliphatic heterocycles. The smallest absolute Gasteiger partial charge is 0.407 e. The van der Waals surface area contributed by atoms with Gasteiger partial charge in [0.15, 0.2) is 0 Å². The minimum atomic E-state index is -0.628. The molecule has 0 unspecified atom stereocenters. The van der Waals surface area contributed by atoms with Crippen molar-refractivity contribution in [3.8, 4) is 0 Å². The highest BCUT2D eigenvalue weighted by Crippen LogP contribution is 2.31. The van der Waals surface area contributed by atoms with Gasteiger partial charge in [-0.3, -0.25) is 4.79 Å². The van der Waals surface area contributed by atoms with E-state index in [4.69, 9.17) is 4.74 Å². The molecule has 6 heteroatoms. The van der Waals surface area contributed by atoms with Crippen molar-refractivity contribution < 1.29 is 19.4 Å². The van der Waals surface area contributed by atoms with E-state index >= 15 is 0 Å². The predicted molar refractivity (Wildman–Crippen MR) is 95.2 cm³/mol. The van der Waals surface area contributed by atoms with Crippen LogP contribution in [0.4, 0.5) is 4.79 Å². The van der Waals surface area contributed by atoms with Crippen LogP contribution in [0.3, 0.4) is 0 Å². The van der Waals surface area contributed by atoms with E-state index in [2.05, 4.69) is 5.32 Å². The molecule has 2 N–H and O–H groups in total. The Hall–Kier alpha value is -1.53. The van der Waals surface area contributed by atoms with Gasteiger partial charge in [-0.1, -0.05) is 42.1 Å². The summed E-state index contributed by atoms with van der Waals surface area (Å²) in [6.45, 7) is 5.43. The predicted octanol–water partition coefficient (Wildman–Crippen LogP) is 3.37. The zero-order valence-electron chi connectivity index (χ0n) is 14.3. The molecular weight excluding hydrogens is 326 g/mol. The molecular formula is C18H25NO4S. The molecule has 1 aromatic carbocycles. The molecule has 1 aromatic rings. The van der Waals surface area contributed by atoms with Gasteiger partial charge in [0.05, 0.1) is 6.10 Å². The second-order valence-corrected chi connectivity index (χ2v) is 8.25. The molecule has 0 radical (unpaired) electrons. The number of alkyl carbamates (subject to hydrolysis) is 1. The number of hydrogen-bond donors (Lipinski definition) is 2. The maximum Gasteiger partial charge on any atom is 0.407 e. The van der Waals surface area contributed by atoms with Gasteiger partial charge in [-0.2, -0.15) is 0 Å². The topological polar surface area (TPSA) is 75.6 Å². The molecule has 0 spiro atoms. The summed E-state index contributed by atoms with van der Waals surface area (Å²) in [5.74, 6) is 0. The number of nitrogens with one attached hydrogen (secondary N) is 1. The minimum absolute atomic E-state index is 0.0294. The monoisotopic (exact) mass is 351 g/mol. The highest BCUT2D eigenvalue weighted by Gasteiger charge is 2.32. The Morgan fingerprint density at radius 3 is 2.46 bits per heavy atom. The van der Waals surface area contributed by atoms with E-state index in [-0.39, 0.29) is 16.4 Å². The number of aliphatic hydroxyl groups excluding tert-OH is 1. The Labute approximate surface area is 147 Å². The zero-order valence-corrected chi connectivity index (χ0v) is 15.1. The van der Waals surface area contributed by atoms with E-state index in [1.165, 1.54) is 11.8 Å². The van der Waals surface area contributed by atoms with Crippen molar-refractivity contribution >= 4 is 23.0 Å². The maximum absolute atomic E-state index is 12.2. The van der Waals surface area contributed by atoms with Crippen LogP contribution in [0.1, 0.15) is 50.4 Å². The molecule has 132 valence electrons. The molecule has 3 atom stereocenters. The molecule has 24 heavy (non-hydrogen) atoms. The average Bonchev–Trinajstić information content (AvgIpc) is 2.49. The van der Waals surface area contributed by atoms with Crippen LogP contribution >= 0.6 is 11.8 Å². The van der Waals surface area contributed by atoms with Crippen LogP contribution in [-0.2, 0) is 4.74 Å². The van der Waals surface area contributed by atoms with Crippen LogP contribution in [0.5, 0.6) is 0 Å². The molecule has 0 aromatic heterocycles. The molecule has 5 nitrogen and oxygen atoms in total. The lowest BCUT2D eigenvalue weighted by Gasteiger charge is -2.33. The lowest BCUT2D eigenvalue weighted by Crippen LogP contribution is -2.45. The normalized spacial score (nSPS) is 24.2. The highest BCUT2D eigenvalue weighted by atomic mass is 32.2. The van der Waals surface area contributed by atoms with Crippen molar-refractivity contribution in [3.63, 3.8) is 0 Å². The van der Waals surface area contributed by atoms with Crippen molar-refractivity contribution in [2.24, 2.45) is 0 Å². The molecule has 0 bridgehead atoms. The van der Waals surface area contributed by atoms with Gasteiger partial charge < -0.3 is 15.2 Å². The van der Waals surface area contributed by atoms with E-state index in [0.717, 1.165) is 6.42 Å². The Morgan fingerprint density at radius 1 is 1.21 bits per heavy atom. The quantitative estimate of drug-likeness (QED) is 0.873. The number of ether oxygens (including phenoxy) is 1. The maximum atomic E-state index is 12.2. The summed E-state index contributed by atoms with van der Waals surface area (Å²) in [7, 11) is 0. The van der Waals surface area contributed by atoms with Crippen LogP contribution in [0.25, 0.3) is 0 Å². The molecule has 1 amide bonds. The summed E-state index contributed by atoms with van der Waals surface area (Å²) in [5.41, 5.74) is 0.0985. The lowest BCUT2D eigenvalue weighted by atomic mass is 9.92. The first-order chi connectivity index (χ1) is 11.2. The average molecular weight is 351 g/mol. The third-order valence-electron chi connectivity index (χ3n) is 3.74. The van der Waals surface area contributed by atoms with E-state index in [1.54, 1.807) is 12.1 Å². The number of amides is 1. The van der Waals surface area contributed by atoms with Crippen molar-refractivity contribution in [1.29, 1.82) is 0 Å². The summed E-state index contributed by atoms with van der Waals surface area (Å²) in [6, 6.07) is 8.94. The summed E-state index contributed by atoms with van der Waals surface area (Å²) < 4.78 is 5.23. The first-order valence-electron chi connectivity index (χ1n) is 8.18. The summed E-state index contributed by atoms with van der Waals surface area (Å²) in [4.78, 5) is 24.0. The molecule has 0 saturated heterocycles. The number of aliphatic hydroxyl groups is 1. The summed E-state index contributed by atoms with van der Waals surface area (Å²) in [5, 5.41) is 12.9. The van der Waals surface area contributed by atoms with E-state index in [1.807, 2.05) is 39.0 Å². The molecule has 1 aliphatic carbocycles. The van der Waals surface area contributed by atoms with E-state index < -0.39 is 17.8 Å². The van der Waals surface area contributed by atoms with Gasteiger partial charge in [-0.25, -0.2) is 4.79 Å². The van der Waals surface area contributed by atoms with Gasteiger partial charge in [0.2, 0.25) is 5.12 Å². The molecule has 1 aliphatic rings. The molecule has 1 fully saturated rings. The number of carbonyl (C=O) groups excluding carboxylic acids is 2.